The van der Waals surface area contributed by atoms with Gasteiger partial charge in [-0.15, -0.1) is 11.3 Å². The second kappa shape index (κ2) is 8.17. The van der Waals surface area contributed by atoms with Crippen LogP contribution in [0.15, 0.2) is 23.6 Å². The van der Waals surface area contributed by atoms with Crippen molar-refractivity contribution in [1.29, 1.82) is 0 Å². The highest BCUT2D eigenvalue weighted by atomic mass is 35.5. The van der Waals surface area contributed by atoms with E-state index in [1.807, 2.05) is 5.38 Å². The SMILES string of the molecule is CC(C)(C)OC(=O)CNC(=O)C(C)(C)c1csc(-c2ccc(Cl)cc2Cl)n1. The smallest absolute Gasteiger partial charge is 0.325 e. The maximum atomic E-state index is 12.6. The van der Waals surface area contributed by atoms with Gasteiger partial charge in [-0.25, -0.2) is 4.98 Å². The highest BCUT2D eigenvalue weighted by Crippen LogP contribution is 2.35. The monoisotopic (exact) mass is 428 g/mol. The number of hydrogen-bond acceptors (Lipinski definition) is 5. The highest BCUT2D eigenvalue weighted by molar-refractivity contribution is 7.13. The van der Waals surface area contributed by atoms with E-state index in [2.05, 4.69) is 10.3 Å². The van der Waals surface area contributed by atoms with Crippen molar-refractivity contribution in [2.75, 3.05) is 6.54 Å². The molecule has 0 aliphatic heterocycles. The summed E-state index contributed by atoms with van der Waals surface area (Å²) in [5.41, 5.74) is -0.174. The van der Waals surface area contributed by atoms with Gasteiger partial charge in [-0.2, -0.15) is 0 Å². The average molecular weight is 429 g/mol. The molecule has 1 aromatic carbocycles. The molecule has 0 radical (unpaired) electrons. The quantitative estimate of drug-likeness (QED) is 0.690. The predicted molar refractivity (Wildman–Crippen MR) is 109 cm³/mol. The lowest BCUT2D eigenvalue weighted by Gasteiger charge is -2.23. The fraction of sp³-hybridized carbons (Fsp3) is 0.421. The number of amides is 1. The van der Waals surface area contributed by atoms with Gasteiger partial charge in [0, 0.05) is 16.0 Å². The zero-order valence-corrected chi connectivity index (χ0v) is 18.2. The molecular weight excluding hydrogens is 407 g/mol. The number of benzene rings is 1. The van der Waals surface area contributed by atoms with Crippen LogP contribution in [0.5, 0.6) is 0 Å². The molecule has 0 fully saturated rings. The van der Waals surface area contributed by atoms with E-state index in [0.717, 1.165) is 5.56 Å². The summed E-state index contributed by atoms with van der Waals surface area (Å²) in [6.07, 6.45) is 0. The number of ether oxygens (including phenoxy) is 1. The van der Waals surface area contributed by atoms with Gasteiger partial charge in [0.05, 0.1) is 16.1 Å². The highest BCUT2D eigenvalue weighted by Gasteiger charge is 2.33. The summed E-state index contributed by atoms with van der Waals surface area (Å²) in [4.78, 5) is 29.0. The molecule has 0 atom stereocenters. The van der Waals surface area contributed by atoms with E-state index < -0.39 is 17.0 Å². The topological polar surface area (TPSA) is 68.3 Å². The number of rotatable bonds is 5. The summed E-state index contributed by atoms with van der Waals surface area (Å²) in [5, 5.41) is 6.17. The zero-order valence-electron chi connectivity index (χ0n) is 15.9. The second-order valence-electron chi connectivity index (χ2n) is 7.56. The van der Waals surface area contributed by atoms with Gasteiger partial charge in [0.15, 0.2) is 0 Å². The summed E-state index contributed by atoms with van der Waals surface area (Å²) in [7, 11) is 0. The minimum absolute atomic E-state index is 0.195. The van der Waals surface area contributed by atoms with Crippen molar-refractivity contribution in [2.24, 2.45) is 0 Å². The van der Waals surface area contributed by atoms with Crippen molar-refractivity contribution >= 4 is 46.4 Å². The molecule has 146 valence electrons. The zero-order chi connectivity index (χ0) is 20.4. The van der Waals surface area contributed by atoms with Crippen LogP contribution < -0.4 is 5.32 Å². The number of halogens is 2. The Hall–Kier alpha value is -1.63. The minimum Gasteiger partial charge on any atom is -0.459 e. The number of nitrogens with zero attached hydrogens (tertiary/aromatic N) is 1. The van der Waals surface area contributed by atoms with E-state index in [9.17, 15) is 9.59 Å². The number of carbonyl (C=O) groups excluding carboxylic acids is 2. The third-order valence-corrected chi connectivity index (χ3v) is 5.11. The van der Waals surface area contributed by atoms with Crippen molar-refractivity contribution in [3.05, 3.63) is 39.3 Å². The molecular formula is C19H22Cl2N2O3S. The normalized spacial score (nSPS) is 12.0. The summed E-state index contributed by atoms with van der Waals surface area (Å²) in [6.45, 7) is 8.62. The van der Waals surface area contributed by atoms with Crippen LogP contribution in [0.1, 0.15) is 40.3 Å². The van der Waals surface area contributed by atoms with E-state index in [-0.39, 0.29) is 12.5 Å². The second-order valence-corrected chi connectivity index (χ2v) is 9.26. The molecule has 0 bridgehead atoms. The van der Waals surface area contributed by atoms with Gasteiger partial charge in [-0.05, 0) is 52.8 Å². The van der Waals surface area contributed by atoms with E-state index in [0.29, 0.717) is 20.7 Å². The lowest BCUT2D eigenvalue weighted by Crippen LogP contribution is -2.43. The van der Waals surface area contributed by atoms with Crippen LogP contribution in [0.25, 0.3) is 10.6 Å². The molecule has 1 aromatic heterocycles. The Morgan fingerprint density at radius 3 is 2.44 bits per heavy atom. The Morgan fingerprint density at radius 1 is 1.19 bits per heavy atom. The summed E-state index contributed by atoms with van der Waals surface area (Å²) >= 11 is 13.6. The maximum Gasteiger partial charge on any atom is 0.325 e. The number of aromatic nitrogens is 1. The van der Waals surface area contributed by atoms with Crippen LogP contribution in [0.2, 0.25) is 10.0 Å². The van der Waals surface area contributed by atoms with E-state index in [1.54, 1.807) is 52.8 Å². The molecule has 0 saturated carbocycles. The van der Waals surface area contributed by atoms with Crippen LogP contribution in [0.4, 0.5) is 0 Å². The Kier molecular flexibility index (Phi) is 6.55. The van der Waals surface area contributed by atoms with Gasteiger partial charge in [-0.3, -0.25) is 9.59 Å². The summed E-state index contributed by atoms with van der Waals surface area (Å²) in [6, 6.07) is 5.18. The Labute approximate surface area is 173 Å². The van der Waals surface area contributed by atoms with Gasteiger partial charge in [0.2, 0.25) is 5.91 Å². The van der Waals surface area contributed by atoms with Crippen LogP contribution in [-0.2, 0) is 19.7 Å². The molecule has 2 rings (SSSR count). The fourth-order valence-corrected chi connectivity index (χ4v) is 3.80. The Morgan fingerprint density at radius 2 is 1.85 bits per heavy atom. The molecule has 8 heteroatoms. The van der Waals surface area contributed by atoms with Gasteiger partial charge in [-0.1, -0.05) is 23.2 Å². The van der Waals surface area contributed by atoms with Crippen molar-refractivity contribution in [2.45, 2.75) is 45.6 Å². The molecule has 0 spiro atoms. The van der Waals surface area contributed by atoms with Crippen LogP contribution >= 0.6 is 34.5 Å². The van der Waals surface area contributed by atoms with Gasteiger partial charge in [0.1, 0.15) is 17.2 Å². The van der Waals surface area contributed by atoms with Crippen molar-refractivity contribution in [3.8, 4) is 10.6 Å². The Bertz CT molecular complexity index is 857. The average Bonchev–Trinajstić information content (AvgIpc) is 3.01. The number of thiazole rings is 1. The van der Waals surface area contributed by atoms with E-state index >= 15 is 0 Å². The first-order valence-electron chi connectivity index (χ1n) is 8.32. The predicted octanol–water partition coefficient (Wildman–Crippen LogP) is 4.85. The third kappa shape index (κ3) is 5.67. The number of carbonyl (C=O) groups is 2. The molecule has 1 N–H and O–H groups in total. The lowest BCUT2D eigenvalue weighted by atomic mass is 9.89. The third-order valence-electron chi connectivity index (χ3n) is 3.69. The van der Waals surface area contributed by atoms with Crippen LogP contribution in [-0.4, -0.2) is 29.0 Å². The summed E-state index contributed by atoms with van der Waals surface area (Å²) in [5.74, 6) is -0.800. The largest absolute Gasteiger partial charge is 0.459 e. The molecule has 0 saturated heterocycles. The first kappa shape index (κ1) is 21.7. The van der Waals surface area contributed by atoms with Gasteiger partial charge in [0.25, 0.3) is 0 Å². The summed E-state index contributed by atoms with van der Waals surface area (Å²) < 4.78 is 5.20. The molecule has 1 heterocycles. The van der Waals surface area contributed by atoms with E-state index in [4.69, 9.17) is 27.9 Å². The van der Waals surface area contributed by atoms with Crippen LogP contribution in [0.3, 0.4) is 0 Å². The van der Waals surface area contributed by atoms with Crippen molar-refractivity contribution in [1.82, 2.24) is 10.3 Å². The van der Waals surface area contributed by atoms with Crippen molar-refractivity contribution in [3.63, 3.8) is 0 Å². The number of esters is 1. The van der Waals surface area contributed by atoms with Gasteiger partial charge < -0.3 is 10.1 Å². The molecule has 0 aliphatic rings. The molecule has 0 unspecified atom stereocenters. The number of hydrogen-bond donors (Lipinski definition) is 1. The molecule has 5 nitrogen and oxygen atoms in total. The van der Waals surface area contributed by atoms with Crippen LogP contribution in [0, 0.1) is 0 Å². The molecule has 27 heavy (non-hydrogen) atoms. The first-order chi connectivity index (χ1) is 12.4. The number of nitrogens with one attached hydrogen (secondary N) is 1. The standard InChI is InChI=1S/C19H22Cl2N2O3S/c1-18(2,3)26-15(24)9-22-17(25)19(4,5)14-10-27-16(23-14)12-7-6-11(20)8-13(12)21/h6-8,10H,9H2,1-5H3,(H,22,25). The fourth-order valence-electron chi connectivity index (χ4n) is 2.21. The first-order valence-corrected chi connectivity index (χ1v) is 9.95. The van der Waals surface area contributed by atoms with E-state index in [1.165, 1.54) is 11.3 Å². The molecule has 1 amide bonds. The minimum atomic E-state index is -0.921. The maximum absolute atomic E-state index is 12.6. The van der Waals surface area contributed by atoms with Crippen molar-refractivity contribution < 1.29 is 14.3 Å². The molecule has 0 aliphatic carbocycles. The molecule has 2 aromatic rings. The Balaban J connectivity index is 2.11. The lowest BCUT2D eigenvalue weighted by molar-refractivity contribution is -0.154. The van der Waals surface area contributed by atoms with Gasteiger partial charge >= 0.3 is 5.97 Å².